The molecule has 0 bridgehead atoms. The summed E-state index contributed by atoms with van der Waals surface area (Å²) in [7, 11) is 0. The molecule has 5 nitrogen and oxygen atoms in total. The molecule has 0 radical (unpaired) electrons. The first kappa shape index (κ1) is 15.1. The van der Waals surface area contributed by atoms with E-state index >= 15 is 0 Å². The molecule has 3 aromatic rings. The summed E-state index contributed by atoms with van der Waals surface area (Å²) in [5.41, 5.74) is 6.15. The van der Waals surface area contributed by atoms with Crippen LogP contribution in [0.15, 0.2) is 55.1 Å². The molecule has 2 aromatic carbocycles. The van der Waals surface area contributed by atoms with E-state index in [2.05, 4.69) is 58.7 Å². The number of fused-ring (bicyclic) bond motifs is 1. The van der Waals surface area contributed by atoms with Crippen LogP contribution in [0.25, 0.3) is 5.69 Å². The van der Waals surface area contributed by atoms with E-state index in [-0.39, 0.29) is 6.04 Å². The Morgan fingerprint density at radius 1 is 1.17 bits per heavy atom. The van der Waals surface area contributed by atoms with Crippen molar-refractivity contribution in [2.45, 2.75) is 32.7 Å². The maximum atomic E-state index is 5.50. The molecular formula is C19H20N4O. The van der Waals surface area contributed by atoms with Crippen LogP contribution in [0.2, 0.25) is 0 Å². The van der Waals surface area contributed by atoms with Crippen molar-refractivity contribution in [1.29, 1.82) is 0 Å². The number of nitrogens with one attached hydrogen (secondary N) is 1. The van der Waals surface area contributed by atoms with E-state index in [1.54, 1.807) is 17.3 Å². The van der Waals surface area contributed by atoms with Gasteiger partial charge in [0.25, 0.3) is 0 Å². The number of nitrogens with zero attached hydrogens (tertiary/aromatic N) is 3. The molecule has 2 heterocycles. The van der Waals surface area contributed by atoms with Crippen LogP contribution in [0.5, 0.6) is 0 Å². The molecule has 1 unspecified atom stereocenters. The molecule has 0 saturated carbocycles. The fourth-order valence-electron chi connectivity index (χ4n) is 3.06. The summed E-state index contributed by atoms with van der Waals surface area (Å²) in [5.74, 6) is 0. The van der Waals surface area contributed by atoms with Crippen LogP contribution in [0.3, 0.4) is 0 Å². The van der Waals surface area contributed by atoms with E-state index in [0.29, 0.717) is 0 Å². The molecule has 0 fully saturated rings. The second-order valence-electron chi connectivity index (χ2n) is 6.09. The van der Waals surface area contributed by atoms with Gasteiger partial charge < -0.3 is 10.1 Å². The van der Waals surface area contributed by atoms with Gasteiger partial charge in [-0.25, -0.2) is 9.67 Å². The zero-order chi connectivity index (χ0) is 16.4. The van der Waals surface area contributed by atoms with Gasteiger partial charge in [-0.3, -0.25) is 0 Å². The summed E-state index contributed by atoms with van der Waals surface area (Å²) in [5, 5.41) is 7.84. The highest BCUT2D eigenvalue weighted by Crippen LogP contribution is 2.24. The Balaban J connectivity index is 1.49. The van der Waals surface area contributed by atoms with Crippen molar-refractivity contribution >= 4 is 0 Å². The molecule has 1 atom stereocenters. The Hall–Kier alpha value is -2.50. The number of aromatic nitrogens is 3. The molecule has 1 N–H and O–H groups in total. The number of hydrogen-bond acceptors (Lipinski definition) is 4. The van der Waals surface area contributed by atoms with Gasteiger partial charge in [0, 0.05) is 12.6 Å². The van der Waals surface area contributed by atoms with Gasteiger partial charge in [0.1, 0.15) is 12.7 Å². The lowest BCUT2D eigenvalue weighted by Gasteiger charge is -2.17. The van der Waals surface area contributed by atoms with E-state index in [9.17, 15) is 0 Å². The minimum Gasteiger partial charge on any atom is -0.372 e. The zero-order valence-electron chi connectivity index (χ0n) is 13.6. The van der Waals surface area contributed by atoms with Crippen molar-refractivity contribution in [3.63, 3.8) is 0 Å². The second-order valence-corrected chi connectivity index (χ2v) is 6.09. The predicted molar refractivity (Wildman–Crippen MR) is 91.5 cm³/mol. The van der Waals surface area contributed by atoms with Crippen LogP contribution in [0.1, 0.15) is 35.2 Å². The van der Waals surface area contributed by atoms with E-state index in [0.717, 1.165) is 25.4 Å². The summed E-state index contributed by atoms with van der Waals surface area (Å²) in [6, 6.07) is 15.1. The first-order valence-corrected chi connectivity index (χ1v) is 8.17. The normalized spacial score (nSPS) is 14.5. The lowest BCUT2D eigenvalue weighted by Crippen LogP contribution is -2.19. The lowest BCUT2D eigenvalue weighted by atomic mass is 10.0. The molecule has 5 heteroatoms. The zero-order valence-corrected chi connectivity index (χ0v) is 13.6. The summed E-state index contributed by atoms with van der Waals surface area (Å²) < 4.78 is 7.30. The molecule has 122 valence electrons. The van der Waals surface area contributed by atoms with Gasteiger partial charge in [0.2, 0.25) is 0 Å². The maximum absolute atomic E-state index is 5.50. The third kappa shape index (κ3) is 2.96. The smallest absolute Gasteiger partial charge is 0.138 e. The monoisotopic (exact) mass is 320 g/mol. The van der Waals surface area contributed by atoms with Gasteiger partial charge in [0.05, 0.1) is 18.9 Å². The first-order valence-electron chi connectivity index (χ1n) is 8.17. The van der Waals surface area contributed by atoms with Crippen LogP contribution >= 0.6 is 0 Å². The number of ether oxygens (including phenoxy) is 1. The van der Waals surface area contributed by atoms with E-state index in [4.69, 9.17) is 4.74 Å². The van der Waals surface area contributed by atoms with Gasteiger partial charge in [-0.2, -0.15) is 5.10 Å². The summed E-state index contributed by atoms with van der Waals surface area (Å²) in [6.07, 6.45) is 3.28. The topological polar surface area (TPSA) is 52.0 Å². The molecule has 1 aliphatic rings. The minimum absolute atomic E-state index is 0.264. The lowest BCUT2D eigenvalue weighted by molar-refractivity contribution is 0.134. The quantitative estimate of drug-likeness (QED) is 0.784. The summed E-state index contributed by atoms with van der Waals surface area (Å²) >= 11 is 0. The van der Waals surface area contributed by atoms with Crippen LogP contribution in [-0.4, -0.2) is 14.8 Å². The summed E-state index contributed by atoms with van der Waals surface area (Å²) in [6.45, 7) is 4.42. The first-order chi connectivity index (χ1) is 11.8. The van der Waals surface area contributed by atoms with E-state index < -0.39 is 0 Å². The number of hydrogen-bond donors (Lipinski definition) is 1. The Morgan fingerprint density at radius 3 is 2.92 bits per heavy atom. The fourth-order valence-corrected chi connectivity index (χ4v) is 3.06. The number of para-hydroxylation sites is 1. The van der Waals surface area contributed by atoms with Crippen molar-refractivity contribution in [3.05, 3.63) is 77.4 Å². The molecule has 1 aromatic heterocycles. The Labute approximate surface area is 141 Å². The number of benzene rings is 2. The highest BCUT2D eigenvalue weighted by Gasteiger charge is 2.14. The Bertz CT molecular complexity index is 829. The average Bonchev–Trinajstić information content (AvgIpc) is 3.30. The third-order valence-electron chi connectivity index (χ3n) is 4.50. The van der Waals surface area contributed by atoms with Crippen LogP contribution in [0.4, 0.5) is 0 Å². The SMILES string of the molecule is CC(NCc1ccccc1-n1cncn1)c1ccc2c(c1)COC2. The molecule has 24 heavy (non-hydrogen) atoms. The molecular weight excluding hydrogens is 300 g/mol. The molecule has 0 saturated heterocycles. The van der Waals surface area contributed by atoms with Crippen molar-refractivity contribution in [2.75, 3.05) is 0 Å². The number of rotatable bonds is 5. The maximum Gasteiger partial charge on any atom is 0.138 e. The largest absolute Gasteiger partial charge is 0.372 e. The van der Waals surface area contributed by atoms with Gasteiger partial charge in [-0.1, -0.05) is 36.4 Å². The molecule has 4 rings (SSSR count). The fraction of sp³-hybridized carbons (Fsp3) is 0.263. The van der Waals surface area contributed by atoms with Gasteiger partial charge in [-0.15, -0.1) is 0 Å². The van der Waals surface area contributed by atoms with E-state index in [1.807, 2.05) is 6.07 Å². The second kappa shape index (κ2) is 6.55. The van der Waals surface area contributed by atoms with Gasteiger partial charge in [-0.05, 0) is 35.2 Å². The van der Waals surface area contributed by atoms with Crippen molar-refractivity contribution in [2.24, 2.45) is 0 Å². The standard InChI is InChI=1S/C19H20N4O/c1-14(15-6-7-17-10-24-11-18(17)8-15)21-9-16-4-2-3-5-19(16)23-13-20-12-22-23/h2-8,12-14,21H,9-11H2,1H3. The Kier molecular flexibility index (Phi) is 4.11. The molecule has 0 amide bonds. The summed E-state index contributed by atoms with van der Waals surface area (Å²) in [4.78, 5) is 4.04. The highest BCUT2D eigenvalue weighted by molar-refractivity contribution is 5.40. The van der Waals surface area contributed by atoms with Crippen molar-refractivity contribution in [1.82, 2.24) is 20.1 Å². The average molecular weight is 320 g/mol. The molecule has 1 aliphatic heterocycles. The predicted octanol–water partition coefficient (Wildman–Crippen LogP) is 3.15. The van der Waals surface area contributed by atoms with Crippen LogP contribution in [-0.2, 0) is 24.5 Å². The molecule has 0 aliphatic carbocycles. The van der Waals surface area contributed by atoms with Crippen LogP contribution in [0, 0.1) is 0 Å². The van der Waals surface area contributed by atoms with Crippen molar-refractivity contribution in [3.8, 4) is 5.69 Å². The van der Waals surface area contributed by atoms with Gasteiger partial charge >= 0.3 is 0 Å². The Morgan fingerprint density at radius 2 is 2.04 bits per heavy atom. The molecule has 0 spiro atoms. The van der Waals surface area contributed by atoms with Crippen molar-refractivity contribution < 1.29 is 4.74 Å². The van der Waals surface area contributed by atoms with E-state index in [1.165, 1.54) is 22.3 Å². The minimum atomic E-state index is 0.264. The third-order valence-corrected chi connectivity index (χ3v) is 4.50. The van der Waals surface area contributed by atoms with Gasteiger partial charge in [0.15, 0.2) is 0 Å². The van der Waals surface area contributed by atoms with Crippen LogP contribution < -0.4 is 5.32 Å². The highest BCUT2D eigenvalue weighted by atomic mass is 16.5.